The van der Waals surface area contributed by atoms with Crippen LogP contribution in [0, 0.1) is 0 Å². The first-order valence-electron chi connectivity index (χ1n) is 9.31. The van der Waals surface area contributed by atoms with Gasteiger partial charge in [0.15, 0.2) is 6.61 Å². The lowest BCUT2D eigenvalue weighted by Crippen LogP contribution is -2.28. The molecule has 4 aromatic rings. The van der Waals surface area contributed by atoms with Crippen LogP contribution in [0.3, 0.4) is 0 Å². The Bertz CT molecular complexity index is 1130. The summed E-state index contributed by atoms with van der Waals surface area (Å²) in [6.07, 6.45) is 0. The molecule has 1 aromatic heterocycles. The fraction of sp³-hybridized carbons (Fsp3) is 0.0870. The van der Waals surface area contributed by atoms with Gasteiger partial charge in [0.2, 0.25) is 11.8 Å². The molecule has 0 aliphatic heterocycles. The van der Waals surface area contributed by atoms with E-state index in [0.29, 0.717) is 29.1 Å². The fourth-order valence-corrected chi connectivity index (χ4v) is 2.97. The number of rotatable bonds is 7. The van der Waals surface area contributed by atoms with Crippen LogP contribution in [0.4, 0.5) is 0 Å². The van der Waals surface area contributed by atoms with Crippen LogP contribution in [0.25, 0.3) is 22.9 Å². The summed E-state index contributed by atoms with van der Waals surface area (Å²) in [5.74, 6) is 1.21. The van der Waals surface area contributed by atoms with Crippen LogP contribution in [0.15, 0.2) is 83.3 Å². The van der Waals surface area contributed by atoms with Gasteiger partial charge < -0.3 is 14.5 Å². The Morgan fingerprint density at radius 2 is 1.50 bits per heavy atom. The van der Waals surface area contributed by atoms with Crippen molar-refractivity contribution >= 4 is 17.5 Å². The molecule has 0 unspecified atom stereocenters. The van der Waals surface area contributed by atoms with Gasteiger partial charge in [-0.3, -0.25) is 4.79 Å². The molecular weight excluding hydrogens is 402 g/mol. The lowest BCUT2D eigenvalue weighted by molar-refractivity contribution is -0.123. The zero-order valence-electron chi connectivity index (χ0n) is 15.9. The van der Waals surface area contributed by atoms with Gasteiger partial charge >= 0.3 is 0 Å². The lowest BCUT2D eigenvalue weighted by atomic mass is 10.2. The van der Waals surface area contributed by atoms with E-state index >= 15 is 0 Å². The highest BCUT2D eigenvalue weighted by atomic mass is 35.5. The minimum Gasteiger partial charge on any atom is -0.484 e. The molecule has 1 N–H and O–H groups in total. The Hall–Kier alpha value is -3.64. The van der Waals surface area contributed by atoms with Crippen LogP contribution < -0.4 is 10.1 Å². The van der Waals surface area contributed by atoms with Crippen LogP contribution in [-0.4, -0.2) is 22.7 Å². The zero-order valence-corrected chi connectivity index (χ0v) is 16.7. The third-order valence-corrected chi connectivity index (χ3v) is 4.72. The van der Waals surface area contributed by atoms with Crippen molar-refractivity contribution in [3.8, 4) is 28.7 Å². The zero-order chi connectivity index (χ0) is 20.8. The van der Waals surface area contributed by atoms with Gasteiger partial charge in [-0.1, -0.05) is 48.0 Å². The van der Waals surface area contributed by atoms with Crippen molar-refractivity contribution < 1.29 is 13.9 Å². The monoisotopic (exact) mass is 419 g/mol. The molecule has 0 saturated heterocycles. The number of carbonyl (C=O) groups excluding carboxylic acids is 1. The van der Waals surface area contributed by atoms with Gasteiger partial charge in [0, 0.05) is 22.7 Å². The van der Waals surface area contributed by atoms with Crippen LogP contribution in [0.5, 0.6) is 5.75 Å². The normalized spacial score (nSPS) is 10.6. The molecule has 3 aromatic carbocycles. The number of halogens is 1. The lowest BCUT2D eigenvalue weighted by Gasteiger charge is -2.08. The van der Waals surface area contributed by atoms with Gasteiger partial charge in [-0.25, -0.2) is 0 Å². The Kier molecular flexibility index (Phi) is 6.06. The molecule has 0 bridgehead atoms. The van der Waals surface area contributed by atoms with E-state index in [1.54, 1.807) is 30.3 Å². The predicted octanol–water partition coefficient (Wildman–Crippen LogP) is 4.75. The summed E-state index contributed by atoms with van der Waals surface area (Å²) in [4.78, 5) is 12.0. The molecule has 0 fully saturated rings. The maximum Gasteiger partial charge on any atom is 0.258 e. The second kappa shape index (κ2) is 9.24. The van der Waals surface area contributed by atoms with Gasteiger partial charge in [0.1, 0.15) is 5.75 Å². The molecule has 0 radical (unpaired) electrons. The van der Waals surface area contributed by atoms with Crippen molar-refractivity contribution in [2.75, 3.05) is 6.61 Å². The van der Waals surface area contributed by atoms with Gasteiger partial charge in [-0.05, 0) is 48.0 Å². The fourth-order valence-electron chi connectivity index (χ4n) is 2.77. The minimum absolute atomic E-state index is 0.0947. The summed E-state index contributed by atoms with van der Waals surface area (Å²) in [5, 5.41) is 11.6. The highest BCUT2D eigenvalue weighted by Crippen LogP contribution is 2.25. The van der Waals surface area contributed by atoms with E-state index in [1.165, 1.54) is 0 Å². The van der Waals surface area contributed by atoms with Crippen molar-refractivity contribution in [1.82, 2.24) is 15.5 Å². The summed E-state index contributed by atoms with van der Waals surface area (Å²) in [7, 11) is 0. The maximum absolute atomic E-state index is 12.0. The Morgan fingerprint density at radius 1 is 0.867 bits per heavy atom. The van der Waals surface area contributed by atoms with Crippen LogP contribution in [0.2, 0.25) is 5.02 Å². The van der Waals surface area contributed by atoms with Crippen LogP contribution in [-0.2, 0) is 11.3 Å². The molecule has 4 rings (SSSR count). The number of benzene rings is 3. The van der Waals surface area contributed by atoms with Gasteiger partial charge in [-0.15, -0.1) is 10.2 Å². The summed E-state index contributed by atoms with van der Waals surface area (Å²) in [6, 6.07) is 24.0. The standard InChI is InChI=1S/C23H18ClN3O3/c24-20-9-5-4-8-18(20)14-25-21(28)15-29-19-12-10-17(11-13-19)23-27-26-22(30-23)16-6-2-1-3-7-16/h1-13H,14-15H2,(H,25,28). The topological polar surface area (TPSA) is 77.2 Å². The van der Waals surface area contributed by atoms with E-state index in [4.69, 9.17) is 20.8 Å². The summed E-state index contributed by atoms with van der Waals surface area (Å²) in [5.41, 5.74) is 2.48. The SMILES string of the molecule is O=C(COc1ccc(-c2nnc(-c3ccccc3)o2)cc1)NCc1ccccc1Cl. The molecule has 0 atom stereocenters. The van der Waals surface area contributed by atoms with Gasteiger partial charge in [-0.2, -0.15) is 0 Å². The van der Waals surface area contributed by atoms with Crippen molar-refractivity contribution in [3.63, 3.8) is 0 Å². The molecule has 1 amide bonds. The molecular formula is C23H18ClN3O3. The van der Waals surface area contributed by atoms with E-state index in [0.717, 1.165) is 16.7 Å². The number of amides is 1. The molecule has 0 aliphatic carbocycles. The van der Waals surface area contributed by atoms with E-state index < -0.39 is 0 Å². The number of aromatic nitrogens is 2. The minimum atomic E-state index is -0.233. The average molecular weight is 420 g/mol. The van der Waals surface area contributed by atoms with Crippen molar-refractivity contribution in [3.05, 3.63) is 89.4 Å². The smallest absolute Gasteiger partial charge is 0.258 e. The largest absolute Gasteiger partial charge is 0.484 e. The van der Waals surface area contributed by atoms with Crippen molar-refractivity contribution in [1.29, 1.82) is 0 Å². The molecule has 6 nitrogen and oxygen atoms in total. The van der Waals surface area contributed by atoms with Crippen LogP contribution in [0.1, 0.15) is 5.56 Å². The molecule has 1 heterocycles. The summed E-state index contributed by atoms with van der Waals surface area (Å²) >= 11 is 6.08. The number of carbonyl (C=O) groups is 1. The number of ether oxygens (including phenoxy) is 1. The first-order valence-corrected chi connectivity index (χ1v) is 9.69. The van der Waals surface area contributed by atoms with E-state index in [-0.39, 0.29) is 12.5 Å². The predicted molar refractivity (Wildman–Crippen MR) is 114 cm³/mol. The van der Waals surface area contributed by atoms with Crippen LogP contribution >= 0.6 is 11.6 Å². The second-order valence-electron chi connectivity index (χ2n) is 6.46. The van der Waals surface area contributed by atoms with Crippen molar-refractivity contribution in [2.45, 2.75) is 6.54 Å². The molecule has 0 spiro atoms. The number of nitrogens with one attached hydrogen (secondary N) is 1. The molecule has 0 saturated carbocycles. The number of hydrogen-bond acceptors (Lipinski definition) is 5. The van der Waals surface area contributed by atoms with E-state index in [9.17, 15) is 4.79 Å². The molecule has 0 aliphatic rings. The summed E-state index contributed by atoms with van der Waals surface area (Å²) in [6.45, 7) is 0.254. The second-order valence-corrected chi connectivity index (χ2v) is 6.87. The Morgan fingerprint density at radius 3 is 2.20 bits per heavy atom. The maximum atomic E-state index is 12.0. The van der Waals surface area contributed by atoms with Crippen molar-refractivity contribution in [2.24, 2.45) is 0 Å². The third-order valence-electron chi connectivity index (χ3n) is 4.35. The highest BCUT2D eigenvalue weighted by molar-refractivity contribution is 6.31. The summed E-state index contributed by atoms with van der Waals surface area (Å²) < 4.78 is 11.3. The first kappa shape index (κ1) is 19.7. The van der Waals surface area contributed by atoms with E-state index in [1.807, 2.05) is 48.5 Å². The average Bonchev–Trinajstić information content (AvgIpc) is 3.28. The number of hydrogen-bond donors (Lipinski definition) is 1. The molecule has 7 heteroatoms. The Balaban J connectivity index is 1.31. The van der Waals surface area contributed by atoms with E-state index in [2.05, 4.69) is 15.5 Å². The Labute approximate surface area is 178 Å². The van der Waals surface area contributed by atoms with Gasteiger partial charge in [0.05, 0.1) is 0 Å². The third kappa shape index (κ3) is 4.85. The first-order chi connectivity index (χ1) is 14.7. The quantitative estimate of drug-likeness (QED) is 0.467. The van der Waals surface area contributed by atoms with Gasteiger partial charge in [0.25, 0.3) is 5.91 Å². The molecule has 150 valence electrons. The highest BCUT2D eigenvalue weighted by Gasteiger charge is 2.11. The number of nitrogens with zero attached hydrogens (tertiary/aromatic N) is 2. The molecule has 30 heavy (non-hydrogen) atoms.